The van der Waals surface area contributed by atoms with Gasteiger partial charge in [0.15, 0.2) is 6.29 Å². The Hall–Kier alpha value is -1.04. The van der Waals surface area contributed by atoms with E-state index in [0.29, 0.717) is 11.2 Å². The Morgan fingerprint density at radius 2 is 1.94 bits per heavy atom. The van der Waals surface area contributed by atoms with E-state index in [4.69, 9.17) is 19.5 Å². The molecule has 0 radical (unpaired) electrons. The molecular weight excluding hydrogens is 207 g/mol. The molecule has 0 unspecified atom stereocenters. The smallest absolute Gasteiger partial charge is 0.465 e. The maximum Gasteiger partial charge on any atom is 0.488 e. The Labute approximate surface area is 95.0 Å². The number of hydrogen-bond donors (Lipinski definition) is 2. The summed E-state index contributed by atoms with van der Waals surface area (Å²) in [6.45, 7) is 0.748. The summed E-state index contributed by atoms with van der Waals surface area (Å²) in [7, 11) is -1.43. The van der Waals surface area contributed by atoms with Crippen LogP contribution in [0.3, 0.4) is 0 Å². The fourth-order valence-electron chi connectivity index (χ4n) is 1.67. The van der Waals surface area contributed by atoms with Crippen LogP contribution in [-0.4, -0.2) is 30.1 Å². The van der Waals surface area contributed by atoms with Crippen LogP contribution in [0.2, 0.25) is 0 Å². The standard InChI is InChI=1S/C11H15BO4/c13-12(14)9-4-6-10(7-5-9)16-11-3-1-2-8-15-11/h4-7,11,13-14H,1-3,8H2/t11-/m0/s1. The molecule has 0 aliphatic carbocycles. The molecule has 2 N–H and O–H groups in total. The zero-order chi connectivity index (χ0) is 11.4. The molecule has 1 aliphatic heterocycles. The average molecular weight is 222 g/mol. The highest BCUT2D eigenvalue weighted by atomic mass is 16.7. The van der Waals surface area contributed by atoms with Crippen molar-refractivity contribution in [1.29, 1.82) is 0 Å². The molecular formula is C11H15BO4. The van der Waals surface area contributed by atoms with Gasteiger partial charge in [0.2, 0.25) is 0 Å². The molecule has 1 saturated heterocycles. The van der Waals surface area contributed by atoms with Crippen LogP contribution in [0.15, 0.2) is 24.3 Å². The Morgan fingerprint density at radius 1 is 1.19 bits per heavy atom. The summed E-state index contributed by atoms with van der Waals surface area (Å²) in [5.41, 5.74) is 0.455. The second-order valence-corrected chi connectivity index (χ2v) is 3.86. The molecule has 5 heteroatoms. The van der Waals surface area contributed by atoms with Crippen molar-refractivity contribution in [1.82, 2.24) is 0 Å². The van der Waals surface area contributed by atoms with Crippen LogP contribution < -0.4 is 10.2 Å². The van der Waals surface area contributed by atoms with Crippen LogP contribution >= 0.6 is 0 Å². The molecule has 86 valence electrons. The van der Waals surface area contributed by atoms with Gasteiger partial charge in [-0.2, -0.15) is 0 Å². The molecule has 1 aromatic carbocycles. The van der Waals surface area contributed by atoms with Crippen LogP contribution in [0.25, 0.3) is 0 Å². The van der Waals surface area contributed by atoms with Gasteiger partial charge in [0.25, 0.3) is 0 Å². The van der Waals surface area contributed by atoms with Gasteiger partial charge in [0, 0.05) is 6.42 Å². The third-order valence-corrected chi connectivity index (χ3v) is 2.58. The number of hydrogen-bond acceptors (Lipinski definition) is 4. The summed E-state index contributed by atoms with van der Waals surface area (Å²) in [5.74, 6) is 0.691. The van der Waals surface area contributed by atoms with Gasteiger partial charge in [-0.25, -0.2) is 0 Å². The summed E-state index contributed by atoms with van der Waals surface area (Å²) in [5, 5.41) is 17.9. The highest BCUT2D eigenvalue weighted by Crippen LogP contribution is 2.18. The first kappa shape index (κ1) is 11.5. The minimum Gasteiger partial charge on any atom is -0.465 e. The predicted molar refractivity (Wildman–Crippen MR) is 60.5 cm³/mol. The van der Waals surface area contributed by atoms with Gasteiger partial charge in [-0.3, -0.25) is 0 Å². The molecule has 0 bridgehead atoms. The first-order valence-corrected chi connectivity index (χ1v) is 5.50. The first-order chi connectivity index (χ1) is 7.75. The lowest BCUT2D eigenvalue weighted by Gasteiger charge is -2.23. The van der Waals surface area contributed by atoms with Crippen molar-refractivity contribution in [2.45, 2.75) is 25.6 Å². The third-order valence-electron chi connectivity index (χ3n) is 2.58. The topological polar surface area (TPSA) is 58.9 Å². The van der Waals surface area contributed by atoms with Gasteiger partial charge in [-0.1, -0.05) is 12.1 Å². The molecule has 1 atom stereocenters. The van der Waals surface area contributed by atoms with Gasteiger partial charge in [0.05, 0.1) is 6.61 Å². The Kier molecular flexibility index (Phi) is 3.82. The summed E-state index contributed by atoms with van der Waals surface area (Å²) >= 11 is 0. The lowest BCUT2D eigenvalue weighted by Crippen LogP contribution is -2.29. The zero-order valence-corrected chi connectivity index (χ0v) is 9.00. The number of ether oxygens (including phenoxy) is 2. The molecule has 0 saturated carbocycles. The lowest BCUT2D eigenvalue weighted by atomic mass is 9.80. The summed E-state index contributed by atoms with van der Waals surface area (Å²) in [4.78, 5) is 0. The number of rotatable bonds is 3. The SMILES string of the molecule is OB(O)c1ccc(O[C@H]2CCCCO2)cc1. The van der Waals surface area contributed by atoms with Crippen molar-refractivity contribution >= 4 is 12.6 Å². The summed E-state index contributed by atoms with van der Waals surface area (Å²) < 4.78 is 11.0. The van der Waals surface area contributed by atoms with Gasteiger partial charge in [-0.05, 0) is 30.4 Å². The van der Waals surface area contributed by atoms with E-state index in [1.165, 1.54) is 0 Å². The monoisotopic (exact) mass is 222 g/mol. The van der Waals surface area contributed by atoms with Gasteiger partial charge in [0.1, 0.15) is 5.75 Å². The van der Waals surface area contributed by atoms with Gasteiger partial charge < -0.3 is 19.5 Å². The third kappa shape index (κ3) is 2.98. The quantitative estimate of drug-likeness (QED) is 0.720. The predicted octanol–water partition coefficient (Wildman–Crippen LogP) is 0.272. The second-order valence-electron chi connectivity index (χ2n) is 3.86. The van der Waals surface area contributed by atoms with E-state index in [1.54, 1.807) is 24.3 Å². The molecule has 1 aromatic rings. The molecule has 2 rings (SSSR count). The molecule has 0 aromatic heterocycles. The number of benzene rings is 1. The van der Waals surface area contributed by atoms with E-state index in [-0.39, 0.29) is 6.29 Å². The van der Waals surface area contributed by atoms with Gasteiger partial charge in [-0.15, -0.1) is 0 Å². The highest BCUT2D eigenvalue weighted by molar-refractivity contribution is 6.58. The largest absolute Gasteiger partial charge is 0.488 e. The van der Waals surface area contributed by atoms with Crippen molar-refractivity contribution in [3.63, 3.8) is 0 Å². The van der Waals surface area contributed by atoms with E-state index >= 15 is 0 Å². The van der Waals surface area contributed by atoms with Crippen molar-refractivity contribution in [2.24, 2.45) is 0 Å². The van der Waals surface area contributed by atoms with Crippen molar-refractivity contribution in [2.75, 3.05) is 6.61 Å². The first-order valence-electron chi connectivity index (χ1n) is 5.50. The van der Waals surface area contributed by atoms with Crippen LogP contribution in [0, 0.1) is 0 Å². The van der Waals surface area contributed by atoms with Gasteiger partial charge >= 0.3 is 7.12 Å². The average Bonchev–Trinajstić information content (AvgIpc) is 2.31. The van der Waals surface area contributed by atoms with Crippen LogP contribution in [0.1, 0.15) is 19.3 Å². The maximum absolute atomic E-state index is 8.93. The molecule has 1 heterocycles. The van der Waals surface area contributed by atoms with E-state index in [1.807, 2.05) is 0 Å². The van der Waals surface area contributed by atoms with E-state index < -0.39 is 7.12 Å². The molecule has 4 nitrogen and oxygen atoms in total. The molecule has 0 amide bonds. The van der Waals surface area contributed by atoms with E-state index in [9.17, 15) is 0 Å². The maximum atomic E-state index is 8.93. The Morgan fingerprint density at radius 3 is 2.50 bits per heavy atom. The van der Waals surface area contributed by atoms with E-state index in [0.717, 1.165) is 25.9 Å². The lowest BCUT2D eigenvalue weighted by molar-refractivity contribution is -0.105. The van der Waals surface area contributed by atoms with Crippen LogP contribution in [-0.2, 0) is 4.74 Å². The zero-order valence-electron chi connectivity index (χ0n) is 9.00. The highest BCUT2D eigenvalue weighted by Gasteiger charge is 2.16. The molecule has 1 fully saturated rings. The van der Waals surface area contributed by atoms with E-state index in [2.05, 4.69) is 0 Å². The second kappa shape index (κ2) is 5.34. The molecule has 0 spiro atoms. The minimum absolute atomic E-state index is 0.168. The fourth-order valence-corrected chi connectivity index (χ4v) is 1.67. The molecule has 16 heavy (non-hydrogen) atoms. The normalized spacial score (nSPS) is 20.5. The fraction of sp³-hybridized carbons (Fsp3) is 0.455. The Balaban J connectivity index is 1.93. The summed E-state index contributed by atoms with van der Waals surface area (Å²) in [6.07, 6.45) is 2.96. The van der Waals surface area contributed by atoms with Crippen molar-refractivity contribution in [3.05, 3.63) is 24.3 Å². The summed E-state index contributed by atoms with van der Waals surface area (Å²) in [6, 6.07) is 6.69. The van der Waals surface area contributed by atoms with Crippen molar-refractivity contribution < 1.29 is 19.5 Å². The van der Waals surface area contributed by atoms with Crippen LogP contribution in [0.5, 0.6) is 5.75 Å². The van der Waals surface area contributed by atoms with Crippen molar-refractivity contribution in [3.8, 4) is 5.75 Å². The molecule has 1 aliphatic rings. The van der Waals surface area contributed by atoms with Crippen LogP contribution in [0.4, 0.5) is 0 Å². The Bertz CT molecular complexity index is 319. The minimum atomic E-state index is -1.43.